The Morgan fingerprint density at radius 1 is 1.04 bits per heavy atom. The van der Waals surface area contributed by atoms with Gasteiger partial charge in [-0.3, -0.25) is 4.79 Å². The van der Waals surface area contributed by atoms with Crippen molar-refractivity contribution in [2.75, 3.05) is 12.4 Å². The summed E-state index contributed by atoms with van der Waals surface area (Å²) in [6.07, 6.45) is 1.40. The van der Waals surface area contributed by atoms with Gasteiger partial charge in [-0.15, -0.1) is 0 Å². The highest BCUT2D eigenvalue weighted by molar-refractivity contribution is 5.60. The second-order valence-corrected chi connectivity index (χ2v) is 6.38. The second-order valence-electron chi connectivity index (χ2n) is 6.38. The van der Waals surface area contributed by atoms with Crippen LogP contribution < -0.4 is 15.6 Å². The van der Waals surface area contributed by atoms with E-state index in [0.717, 1.165) is 6.07 Å². The molecule has 146 valence electrons. The molecule has 1 heterocycles. The topological polar surface area (TPSA) is 56.1 Å². The second kappa shape index (κ2) is 7.75. The van der Waals surface area contributed by atoms with Crippen LogP contribution in [-0.2, 0) is 6.54 Å². The molecule has 0 saturated heterocycles. The summed E-state index contributed by atoms with van der Waals surface area (Å²) in [7, 11) is 1.32. The van der Waals surface area contributed by atoms with E-state index in [1.165, 1.54) is 36.1 Å². The highest BCUT2D eigenvalue weighted by atomic mass is 19.1. The normalized spacial score (nSPS) is 10.8. The molecule has 0 spiro atoms. The van der Waals surface area contributed by atoms with E-state index >= 15 is 0 Å². The molecule has 8 heteroatoms. The molecule has 0 aliphatic rings. The fourth-order valence-corrected chi connectivity index (χ4v) is 2.77. The fourth-order valence-electron chi connectivity index (χ4n) is 2.77. The Bertz CT molecular complexity index is 1080. The number of hydrogen-bond acceptors (Lipinski definition) is 4. The third-order valence-corrected chi connectivity index (χ3v) is 4.21. The van der Waals surface area contributed by atoms with E-state index in [1.54, 1.807) is 19.9 Å². The van der Waals surface area contributed by atoms with E-state index in [4.69, 9.17) is 4.74 Å². The van der Waals surface area contributed by atoms with Gasteiger partial charge >= 0.3 is 5.56 Å². The molecule has 0 aliphatic heterocycles. The summed E-state index contributed by atoms with van der Waals surface area (Å²) in [5, 5.41) is 2.99. The Morgan fingerprint density at radius 3 is 2.36 bits per heavy atom. The van der Waals surface area contributed by atoms with Gasteiger partial charge in [-0.2, -0.15) is 4.98 Å². The highest BCUT2D eigenvalue weighted by Crippen LogP contribution is 2.24. The minimum absolute atomic E-state index is 0.0190. The molecule has 0 bridgehead atoms. The lowest BCUT2D eigenvalue weighted by molar-refractivity contribution is 0.402. The number of anilines is 2. The van der Waals surface area contributed by atoms with Gasteiger partial charge < -0.3 is 14.6 Å². The molecule has 0 radical (unpaired) electrons. The molecule has 3 aromatic rings. The number of halogens is 3. The predicted molar refractivity (Wildman–Crippen MR) is 99.7 cm³/mol. The molecule has 0 saturated carbocycles. The van der Waals surface area contributed by atoms with Gasteiger partial charge in [0.2, 0.25) is 11.7 Å². The SMILES string of the molecule is COc1cn(Cc2cc(F)cc(F)c2)c(Nc2cc(C)c(F)cc2C)nc1=O. The van der Waals surface area contributed by atoms with Gasteiger partial charge in [0.05, 0.1) is 19.9 Å². The number of aromatic nitrogens is 2. The van der Waals surface area contributed by atoms with Gasteiger partial charge in [0, 0.05) is 11.8 Å². The summed E-state index contributed by atoms with van der Waals surface area (Å²) in [6.45, 7) is 3.35. The first-order valence-electron chi connectivity index (χ1n) is 8.41. The maximum atomic E-state index is 13.7. The Balaban J connectivity index is 2.06. The zero-order valence-electron chi connectivity index (χ0n) is 15.5. The molecule has 0 unspecified atom stereocenters. The Kier molecular flexibility index (Phi) is 5.39. The first-order valence-corrected chi connectivity index (χ1v) is 8.41. The van der Waals surface area contributed by atoms with Gasteiger partial charge in [-0.1, -0.05) is 0 Å². The third-order valence-electron chi connectivity index (χ3n) is 4.21. The van der Waals surface area contributed by atoms with Crippen molar-refractivity contribution < 1.29 is 17.9 Å². The van der Waals surface area contributed by atoms with Crippen molar-refractivity contribution in [3.63, 3.8) is 0 Å². The number of aryl methyl sites for hydroxylation is 2. The minimum Gasteiger partial charge on any atom is -0.490 e. The zero-order valence-corrected chi connectivity index (χ0v) is 15.5. The monoisotopic (exact) mass is 389 g/mol. The van der Waals surface area contributed by atoms with Crippen molar-refractivity contribution >= 4 is 11.6 Å². The zero-order chi connectivity index (χ0) is 20.4. The number of ether oxygens (including phenoxy) is 1. The lowest BCUT2D eigenvalue weighted by Crippen LogP contribution is -2.19. The van der Waals surface area contributed by atoms with E-state index in [2.05, 4.69) is 10.3 Å². The van der Waals surface area contributed by atoms with Crippen LogP contribution in [0.1, 0.15) is 16.7 Å². The maximum absolute atomic E-state index is 13.7. The number of hydrogen-bond donors (Lipinski definition) is 1. The van der Waals surface area contributed by atoms with E-state index in [0.29, 0.717) is 22.4 Å². The first-order chi connectivity index (χ1) is 13.3. The van der Waals surface area contributed by atoms with Crippen LogP contribution in [0.25, 0.3) is 0 Å². The van der Waals surface area contributed by atoms with Crippen molar-refractivity contribution in [1.29, 1.82) is 0 Å². The van der Waals surface area contributed by atoms with Crippen molar-refractivity contribution in [3.8, 4) is 5.75 Å². The van der Waals surface area contributed by atoms with Gasteiger partial charge in [-0.05, 0) is 54.8 Å². The van der Waals surface area contributed by atoms with E-state index in [-0.39, 0.29) is 24.1 Å². The van der Waals surface area contributed by atoms with Crippen molar-refractivity contribution in [3.05, 3.63) is 81.0 Å². The highest BCUT2D eigenvalue weighted by Gasteiger charge is 2.13. The average molecular weight is 389 g/mol. The van der Waals surface area contributed by atoms with Crippen LogP contribution in [0.15, 0.2) is 41.3 Å². The fraction of sp³-hybridized carbons (Fsp3) is 0.200. The molecule has 1 N–H and O–H groups in total. The van der Waals surface area contributed by atoms with E-state index in [9.17, 15) is 18.0 Å². The van der Waals surface area contributed by atoms with Gasteiger partial charge in [-0.25, -0.2) is 13.2 Å². The number of benzene rings is 2. The van der Waals surface area contributed by atoms with E-state index < -0.39 is 17.2 Å². The van der Waals surface area contributed by atoms with Crippen LogP contribution in [0.3, 0.4) is 0 Å². The smallest absolute Gasteiger partial charge is 0.316 e. The molecule has 5 nitrogen and oxygen atoms in total. The lowest BCUT2D eigenvalue weighted by Gasteiger charge is -2.17. The molecule has 28 heavy (non-hydrogen) atoms. The Labute approximate surface area is 159 Å². The molecule has 0 fully saturated rings. The minimum atomic E-state index is -0.713. The van der Waals surface area contributed by atoms with Crippen molar-refractivity contribution in [1.82, 2.24) is 9.55 Å². The van der Waals surface area contributed by atoms with Crippen LogP contribution in [-0.4, -0.2) is 16.7 Å². The lowest BCUT2D eigenvalue weighted by atomic mass is 10.1. The number of methoxy groups -OCH3 is 1. The largest absolute Gasteiger partial charge is 0.490 e. The van der Waals surface area contributed by atoms with Crippen LogP contribution in [0.5, 0.6) is 5.75 Å². The summed E-state index contributed by atoms with van der Waals surface area (Å²) in [4.78, 5) is 16.1. The Morgan fingerprint density at radius 2 is 1.71 bits per heavy atom. The maximum Gasteiger partial charge on any atom is 0.316 e. The number of nitrogens with one attached hydrogen (secondary N) is 1. The summed E-state index contributed by atoms with van der Waals surface area (Å²) in [5.74, 6) is -1.66. The standard InChI is InChI=1S/C20H18F3N3O2/c1-11-5-17(12(2)4-16(11)23)24-20-25-19(27)18(28-3)10-26(20)9-13-6-14(21)8-15(22)7-13/h4-8,10H,9H2,1-3H3,(H,24,25,27). The van der Waals surface area contributed by atoms with E-state index in [1.807, 2.05) is 0 Å². The van der Waals surface area contributed by atoms with Gasteiger partial charge in [0.1, 0.15) is 17.5 Å². The molecular formula is C20H18F3N3O2. The summed E-state index contributed by atoms with van der Waals surface area (Å²) >= 11 is 0. The molecule has 3 rings (SSSR count). The number of rotatable bonds is 5. The third kappa shape index (κ3) is 4.16. The molecule has 0 amide bonds. The predicted octanol–water partition coefficient (Wildman–Crippen LogP) is 4.08. The molecule has 0 atom stereocenters. The molecule has 0 aliphatic carbocycles. The van der Waals surface area contributed by atoms with Crippen LogP contribution in [0.4, 0.5) is 24.8 Å². The Hall–Kier alpha value is -3.29. The quantitative estimate of drug-likeness (QED) is 0.715. The van der Waals surface area contributed by atoms with Crippen LogP contribution in [0.2, 0.25) is 0 Å². The molecule has 1 aromatic heterocycles. The van der Waals surface area contributed by atoms with Gasteiger partial charge in [0.25, 0.3) is 0 Å². The first kappa shape index (κ1) is 19.5. The number of nitrogens with zero attached hydrogens (tertiary/aromatic N) is 2. The summed E-state index contributed by atoms with van der Waals surface area (Å²) in [6, 6.07) is 6.10. The van der Waals surface area contributed by atoms with Crippen LogP contribution in [0, 0.1) is 31.3 Å². The van der Waals surface area contributed by atoms with Crippen molar-refractivity contribution in [2.24, 2.45) is 0 Å². The summed E-state index contributed by atoms with van der Waals surface area (Å²) in [5.41, 5.74) is 1.30. The summed E-state index contributed by atoms with van der Waals surface area (Å²) < 4.78 is 47.3. The van der Waals surface area contributed by atoms with Crippen LogP contribution >= 0.6 is 0 Å². The van der Waals surface area contributed by atoms with Gasteiger partial charge in [0.15, 0.2) is 0 Å². The molecular weight excluding hydrogens is 371 g/mol. The average Bonchev–Trinajstić information content (AvgIpc) is 2.61. The molecule has 2 aromatic carbocycles. The van der Waals surface area contributed by atoms with Crippen molar-refractivity contribution in [2.45, 2.75) is 20.4 Å².